The number of rotatable bonds is 9. The van der Waals surface area contributed by atoms with Crippen LogP contribution in [0.25, 0.3) is 0 Å². The van der Waals surface area contributed by atoms with E-state index in [1.807, 2.05) is 6.92 Å². The first kappa shape index (κ1) is 24.4. The number of likely N-dealkylation sites (tertiary alicyclic amines) is 1. The first-order valence-corrected chi connectivity index (χ1v) is 13.2. The number of nitrogens with zero attached hydrogens (tertiary/aromatic N) is 3. The first-order chi connectivity index (χ1) is 13.8. The summed E-state index contributed by atoms with van der Waals surface area (Å²) >= 11 is 0. The van der Waals surface area contributed by atoms with Crippen LogP contribution in [-0.2, 0) is 10.0 Å². The third-order valence-corrected chi connectivity index (χ3v) is 7.80. The van der Waals surface area contributed by atoms with Gasteiger partial charge in [0.15, 0.2) is 5.96 Å². The van der Waals surface area contributed by atoms with E-state index in [2.05, 4.69) is 36.3 Å². The van der Waals surface area contributed by atoms with Crippen LogP contribution in [0.4, 0.5) is 0 Å². The predicted octanol–water partition coefficient (Wildman–Crippen LogP) is 2.11. The number of aliphatic imine (C=N–C) groups is 1. The minimum Gasteiger partial charge on any atom is -0.357 e. The van der Waals surface area contributed by atoms with Crippen molar-refractivity contribution < 1.29 is 8.42 Å². The van der Waals surface area contributed by atoms with Gasteiger partial charge in [-0.3, -0.25) is 4.99 Å². The molecule has 0 aromatic carbocycles. The highest BCUT2D eigenvalue weighted by Crippen LogP contribution is 2.18. The molecule has 29 heavy (non-hydrogen) atoms. The third kappa shape index (κ3) is 8.42. The molecule has 8 heteroatoms. The Morgan fingerprint density at radius 3 is 2.48 bits per heavy atom. The van der Waals surface area contributed by atoms with Crippen molar-refractivity contribution >= 4 is 16.0 Å². The molecule has 170 valence electrons. The average Bonchev–Trinajstić information content (AvgIpc) is 2.66. The zero-order valence-electron chi connectivity index (χ0n) is 19.0. The molecule has 2 saturated heterocycles. The van der Waals surface area contributed by atoms with Gasteiger partial charge in [-0.15, -0.1) is 0 Å². The molecule has 0 aliphatic carbocycles. The van der Waals surface area contributed by atoms with E-state index < -0.39 is 10.0 Å². The van der Waals surface area contributed by atoms with Crippen LogP contribution in [0.15, 0.2) is 4.99 Å². The summed E-state index contributed by atoms with van der Waals surface area (Å²) in [7, 11) is -3.08. The number of sulfonamides is 1. The van der Waals surface area contributed by atoms with Crippen LogP contribution in [0.2, 0.25) is 0 Å². The van der Waals surface area contributed by atoms with Crippen LogP contribution >= 0.6 is 0 Å². The van der Waals surface area contributed by atoms with Crippen LogP contribution in [0.1, 0.15) is 59.8 Å². The van der Waals surface area contributed by atoms with Crippen molar-refractivity contribution in [2.75, 3.05) is 51.6 Å². The smallest absolute Gasteiger partial charge is 0.214 e. The lowest BCUT2D eigenvalue weighted by Gasteiger charge is -2.34. The molecule has 1 atom stereocenters. The van der Waals surface area contributed by atoms with Gasteiger partial charge in [-0.2, -0.15) is 0 Å². The Labute approximate surface area is 178 Å². The highest BCUT2D eigenvalue weighted by Gasteiger charge is 2.27. The van der Waals surface area contributed by atoms with Crippen molar-refractivity contribution in [2.45, 2.75) is 65.8 Å². The molecule has 0 aromatic rings. The molecule has 2 aliphatic heterocycles. The van der Waals surface area contributed by atoms with E-state index in [1.165, 1.54) is 25.9 Å². The van der Waals surface area contributed by atoms with E-state index in [0.717, 1.165) is 38.4 Å². The normalized spacial score (nSPS) is 23.5. The number of guanidine groups is 1. The van der Waals surface area contributed by atoms with Gasteiger partial charge in [0, 0.05) is 45.3 Å². The average molecular weight is 430 g/mol. The fraction of sp³-hybridized carbons (Fsp3) is 0.952. The van der Waals surface area contributed by atoms with Gasteiger partial charge in [-0.1, -0.05) is 20.8 Å². The molecular weight excluding hydrogens is 386 g/mol. The minimum absolute atomic E-state index is 0.254. The Balaban J connectivity index is 1.83. The molecule has 7 nitrogen and oxygen atoms in total. The number of nitrogens with one attached hydrogen (secondary N) is 2. The van der Waals surface area contributed by atoms with E-state index in [9.17, 15) is 8.42 Å². The Kier molecular flexibility index (Phi) is 10.2. The molecule has 0 bridgehead atoms. The maximum atomic E-state index is 12.3. The summed E-state index contributed by atoms with van der Waals surface area (Å²) in [5, 5.41) is 6.92. The second-order valence-electron chi connectivity index (χ2n) is 9.01. The molecule has 0 radical (unpaired) electrons. The van der Waals surface area contributed by atoms with Gasteiger partial charge in [-0.25, -0.2) is 12.7 Å². The third-order valence-electron chi connectivity index (χ3n) is 5.73. The zero-order chi connectivity index (χ0) is 21.3. The summed E-state index contributed by atoms with van der Waals surface area (Å²) in [5.74, 6) is 2.47. The topological polar surface area (TPSA) is 77.0 Å². The molecule has 2 aliphatic rings. The highest BCUT2D eigenvalue weighted by atomic mass is 32.2. The summed E-state index contributed by atoms with van der Waals surface area (Å²) in [5.41, 5.74) is 0. The van der Waals surface area contributed by atoms with Crippen LogP contribution < -0.4 is 10.6 Å². The fourth-order valence-corrected chi connectivity index (χ4v) is 5.92. The van der Waals surface area contributed by atoms with Crippen LogP contribution in [0.5, 0.6) is 0 Å². The zero-order valence-corrected chi connectivity index (χ0v) is 19.8. The summed E-state index contributed by atoms with van der Waals surface area (Å²) in [4.78, 5) is 7.46. The number of hydrogen-bond acceptors (Lipinski definition) is 4. The van der Waals surface area contributed by atoms with Crippen molar-refractivity contribution in [3.05, 3.63) is 0 Å². The second kappa shape index (κ2) is 12.1. The van der Waals surface area contributed by atoms with Crippen molar-refractivity contribution in [2.24, 2.45) is 16.8 Å². The van der Waals surface area contributed by atoms with Crippen molar-refractivity contribution in [1.29, 1.82) is 0 Å². The second-order valence-corrected chi connectivity index (χ2v) is 11.1. The number of piperidine rings is 2. The standard InChI is InChI=1S/C21H43N5O2S/c1-5-14-29(27,28)26-12-9-20(10-13-26)24-21(22-6-2)23-15-19-8-7-11-25(17-19)16-18(3)4/h18-20H,5-17H2,1-4H3,(H2,22,23,24). The molecule has 1 unspecified atom stereocenters. The van der Waals surface area contributed by atoms with E-state index in [-0.39, 0.29) is 11.8 Å². The van der Waals surface area contributed by atoms with Gasteiger partial charge < -0.3 is 15.5 Å². The molecule has 0 amide bonds. The molecule has 2 fully saturated rings. The highest BCUT2D eigenvalue weighted by molar-refractivity contribution is 7.89. The Bertz CT molecular complexity index is 600. The van der Waals surface area contributed by atoms with E-state index in [0.29, 0.717) is 31.3 Å². The molecule has 2 N–H and O–H groups in total. The van der Waals surface area contributed by atoms with E-state index >= 15 is 0 Å². The molecule has 0 aromatic heterocycles. The van der Waals surface area contributed by atoms with E-state index in [4.69, 9.17) is 4.99 Å². The van der Waals surface area contributed by atoms with Gasteiger partial charge in [0.05, 0.1) is 5.75 Å². The molecule has 2 rings (SSSR count). The van der Waals surface area contributed by atoms with Gasteiger partial charge in [0.1, 0.15) is 0 Å². The van der Waals surface area contributed by atoms with Gasteiger partial charge in [0.2, 0.25) is 10.0 Å². The van der Waals surface area contributed by atoms with Gasteiger partial charge in [0.25, 0.3) is 0 Å². The molecule has 0 spiro atoms. The van der Waals surface area contributed by atoms with Crippen molar-refractivity contribution in [1.82, 2.24) is 19.8 Å². The summed E-state index contributed by atoms with van der Waals surface area (Å²) in [6.07, 6.45) is 4.86. The molecular formula is C21H43N5O2S. The maximum absolute atomic E-state index is 12.3. The summed E-state index contributed by atoms with van der Waals surface area (Å²) in [6, 6.07) is 0.282. The minimum atomic E-state index is -3.08. The van der Waals surface area contributed by atoms with Crippen molar-refractivity contribution in [3.8, 4) is 0 Å². The largest absolute Gasteiger partial charge is 0.357 e. The lowest BCUT2D eigenvalue weighted by molar-refractivity contribution is 0.162. The summed E-state index contributed by atoms with van der Waals surface area (Å²) in [6.45, 7) is 15.0. The Morgan fingerprint density at radius 1 is 1.14 bits per heavy atom. The first-order valence-electron chi connectivity index (χ1n) is 11.6. The Morgan fingerprint density at radius 2 is 1.86 bits per heavy atom. The lowest BCUT2D eigenvalue weighted by Crippen LogP contribution is -2.50. The lowest BCUT2D eigenvalue weighted by atomic mass is 9.97. The predicted molar refractivity (Wildman–Crippen MR) is 122 cm³/mol. The summed E-state index contributed by atoms with van der Waals surface area (Å²) < 4.78 is 26.2. The monoisotopic (exact) mass is 429 g/mol. The number of hydrogen-bond donors (Lipinski definition) is 2. The maximum Gasteiger partial charge on any atom is 0.214 e. The van der Waals surface area contributed by atoms with Gasteiger partial charge >= 0.3 is 0 Å². The molecule has 0 saturated carbocycles. The quantitative estimate of drug-likeness (QED) is 0.434. The van der Waals surface area contributed by atoms with Crippen LogP contribution in [-0.4, -0.2) is 81.2 Å². The Hall–Kier alpha value is -0.860. The molecule has 2 heterocycles. The SMILES string of the molecule is CCCS(=O)(=O)N1CCC(NC(=NCC2CCCN(CC(C)C)C2)NCC)CC1. The fourth-order valence-electron chi connectivity index (χ4n) is 4.38. The van der Waals surface area contributed by atoms with Crippen LogP contribution in [0.3, 0.4) is 0 Å². The van der Waals surface area contributed by atoms with Gasteiger partial charge in [-0.05, 0) is 57.4 Å². The van der Waals surface area contributed by atoms with Crippen molar-refractivity contribution in [3.63, 3.8) is 0 Å². The van der Waals surface area contributed by atoms with Crippen LogP contribution in [0, 0.1) is 11.8 Å². The van der Waals surface area contributed by atoms with E-state index in [1.54, 1.807) is 4.31 Å².